The van der Waals surface area contributed by atoms with Crippen LogP contribution in [0.2, 0.25) is 0 Å². The van der Waals surface area contributed by atoms with Gasteiger partial charge in [0.05, 0.1) is 5.69 Å². The van der Waals surface area contributed by atoms with E-state index < -0.39 is 0 Å². The Bertz CT molecular complexity index is 987. The van der Waals surface area contributed by atoms with E-state index >= 15 is 0 Å². The maximum Gasteiger partial charge on any atom is 0.229 e. The zero-order valence-electron chi connectivity index (χ0n) is 14.8. The number of anilines is 3. The number of aromatic nitrogens is 2. The van der Waals surface area contributed by atoms with E-state index in [1.165, 1.54) is 5.56 Å². The fraction of sp³-hybridized carbons (Fsp3) is 0.0435. The van der Waals surface area contributed by atoms with Crippen LogP contribution in [0.5, 0.6) is 0 Å². The van der Waals surface area contributed by atoms with Crippen LogP contribution in [0.3, 0.4) is 0 Å². The maximum atomic E-state index is 4.69. The van der Waals surface area contributed by atoms with Gasteiger partial charge in [0.25, 0.3) is 0 Å². The lowest BCUT2D eigenvalue weighted by Gasteiger charge is -2.12. The summed E-state index contributed by atoms with van der Waals surface area (Å²) in [6.45, 7) is 0.705. The summed E-state index contributed by atoms with van der Waals surface area (Å²) in [4.78, 5) is 9.33. The highest BCUT2D eigenvalue weighted by atomic mass is 15.1. The third kappa shape index (κ3) is 4.50. The molecule has 0 fully saturated rings. The van der Waals surface area contributed by atoms with E-state index in [-0.39, 0.29) is 0 Å². The van der Waals surface area contributed by atoms with Crippen molar-refractivity contribution in [2.45, 2.75) is 6.54 Å². The minimum Gasteiger partial charge on any atom is -0.366 e. The molecule has 0 aliphatic heterocycles. The molecule has 1 heterocycles. The molecule has 1 aromatic heterocycles. The van der Waals surface area contributed by atoms with Gasteiger partial charge in [0.2, 0.25) is 5.95 Å². The van der Waals surface area contributed by atoms with Gasteiger partial charge in [-0.25, -0.2) is 4.98 Å². The highest BCUT2D eigenvalue weighted by molar-refractivity contribution is 5.66. The Kier molecular flexibility index (Phi) is 5.07. The fourth-order valence-corrected chi connectivity index (χ4v) is 2.79. The lowest BCUT2D eigenvalue weighted by atomic mass is 10.1. The van der Waals surface area contributed by atoms with Gasteiger partial charge in [-0.2, -0.15) is 4.98 Å². The molecular weight excluding hydrogens is 332 g/mol. The lowest BCUT2D eigenvalue weighted by Crippen LogP contribution is -2.05. The Morgan fingerprint density at radius 3 is 2.00 bits per heavy atom. The first-order chi connectivity index (χ1) is 13.4. The summed E-state index contributed by atoms with van der Waals surface area (Å²) in [5, 5.41) is 6.70. The molecule has 0 spiro atoms. The molecule has 4 aromatic rings. The van der Waals surface area contributed by atoms with Crippen molar-refractivity contribution in [1.29, 1.82) is 0 Å². The normalized spacial score (nSPS) is 10.4. The predicted octanol–water partition coefficient (Wildman–Crippen LogP) is 5.50. The zero-order chi connectivity index (χ0) is 18.3. The van der Waals surface area contributed by atoms with Crippen molar-refractivity contribution in [3.63, 3.8) is 0 Å². The number of hydrogen-bond acceptors (Lipinski definition) is 4. The molecule has 0 saturated carbocycles. The van der Waals surface area contributed by atoms with E-state index in [2.05, 4.69) is 39.9 Å². The number of nitrogens with zero attached hydrogens (tertiary/aromatic N) is 2. The molecule has 0 amide bonds. The highest BCUT2D eigenvalue weighted by Crippen LogP contribution is 2.23. The number of hydrogen-bond donors (Lipinski definition) is 2. The molecule has 4 nitrogen and oxygen atoms in total. The van der Waals surface area contributed by atoms with E-state index in [4.69, 9.17) is 4.98 Å². The fourth-order valence-electron chi connectivity index (χ4n) is 2.79. The van der Waals surface area contributed by atoms with Crippen molar-refractivity contribution in [1.82, 2.24) is 9.97 Å². The van der Waals surface area contributed by atoms with Gasteiger partial charge < -0.3 is 10.6 Å². The van der Waals surface area contributed by atoms with Crippen LogP contribution < -0.4 is 10.6 Å². The topological polar surface area (TPSA) is 49.8 Å². The minimum atomic E-state index is 0.568. The molecular formula is C23H20N4. The van der Waals surface area contributed by atoms with E-state index in [1.54, 1.807) is 0 Å². The summed E-state index contributed by atoms with van der Waals surface area (Å²) in [6, 6.07) is 32.3. The Balaban J connectivity index is 1.63. The first-order valence-corrected chi connectivity index (χ1v) is 8.91. The van der Waals surface area contributed by atoms with Gasteiger partial charge in [0.15, 0.2) is 0 Å². The minimum absolute atomic E-state index is 0.568. The third-order valence-corrected chi connectivity index (χ3v) is 4.14. The molecule has 0 aliphatic carbocycles. The van der Waals surface area contributed by atoms with Gasteiger partial charge in [0, 0.05) is 23.9 Å². The Hall–Kier alpha value is -3.66. The molecule has 0 aliphatic rings. The van der Waals surface area contributed by atoms with Crippen LogP contribution in [0.1, 0.15) is 5.56 Å². The number of rotatable bonds is 6. The first kappa shape index (κ1) is 16.8. The molecule has 4 heteroatoms. The summed E-state index contributed by atoms with van der Waals surface area (Å²) in [5.74, 6) is 1.35. The van der Waals surface area contributed by atoms with Crippen molar-refractivity contribution in [3.05, 3.63) is 103 Å². The summed E-state index contributed by atoms with van der Waals surface area (Å²) in [5.41, 5.74) is 4.09. The maximum absolute atomic E-state index is 4.69. The van der Waals surface area contributed by atoms with Crippen molar-refractivity contribution in [2.24, 2.45) is 0 Å². The average Bonchev–Trinajstić information content (AvgIpc) is 2.74. The standard InChI is InChI=1S/C23H20N4/c1-4-10-18(11-5-1)17-24-22-16-21(19-12-6-2-7-13-19)26-23(27-22)25-20-14-8-3-9-15-20/h1-16H,17H2,(H2,24,25,26,27). The van der Waals surface area contributed by atoms with E-state index in [0.29, 0.717) is 12.5 Å². The van der Waals surface area contributed by atoms with Gasteiger partial charge in [-0.15, -0.1) is 0 Å². The van der Waals surface area contributed by atoms with E-state index in [9.17, 15) is 0 Å². The van der Waals surface area contributed by atoms with Crippen LogP contribution in [0.25, 0.3) is 11.3 Å². The molecule has 2 N–H and O–H groups in total. The molecule has 0 atom stereocenters. The second-order valence-corrected chi connectivity index (χ2v) is 6.16. The van der Waals surface area contributed by atoms with Gasteiger partial charge in [0.1, 0.15) is 5.82 Å². The molecule has 3 aromatic carbocycles. The SMILES string of the molecule is c1ccc(CNc2cc(-c3ccccc3)nc(Nc3ccccc3)n2)cc1. The Morgan fingerprint density at radius 2 is 1.30 bits per heavy atom. The molecule has 0 saturated heterocycles. The monoisotopic (exact) mass is 352 g/mol. The van der Waals surface area contributed by atoms with Gasteiger partial charge in [-0.1, -0.05) is 78.9 Å². The molecule has 4 rings (SSSR count). The molecule has 0 bridgehead atoms. The van der Waals surface area contributed by atoms with Crippen LogP contribution in [0.15, 0.2) is 97.1 Å². The summed E-state index contributed by atoms with van der Waals surface area (Å²) >= 11 is 0. The number of para-hydroxylation sites is 1. The summed E-state index contributed by atoms with van der Waals surface area (Å²) in [7, 11) is 0. The zero-order valence-corrected chi connectivity index (χ0v) is 14.8. The van der Waals surface area contributed by atoms with E-state index in [1.807, 2.05) is 72.8 Å². The van der Waals surface area contributed by atoms with E-state index in [0.717, 1.165) is 22.8 Å². The van der Waals surface area contributed by atoms with Crippen LogP contribution in [0.4, 0.5) is 17.5 Å². The van der Waals surface area contributed by atoms with Crippen molar-refractivity contribution >= 4 is 17.5 Å². The average molecular weight is 352 g/mol. The van der Waals surface area contributed by atoms with Crippen LogP contribution in [-0.2, 0) is 6.54 Å². The number of nitrogens with one attached hydrogen (secondary N) is 2. The second kappa shape index (κ2) is 8.15. The lowest BCUT2D eigenvalue weighted by molar-refractivity contribution is 1.09. The van der Waals surface area contributed by atoms with Gasteiger partial charge in [-0.3, -0.25) is 0 Å². The first-order valence-electron chi connectivity index (χ1n) is 8.91. The molecule has 27 heavy (non-hydrogen) atoms. The Labute approximate surface area is 159 Å². The molecule has 0 radical (unpaired) electrons. The molecule has 132 valence electrons. The van der Waals surface area contributed by atoms with Gasteiger partial charge >= 0.3 is 0 Å². The van der Waals surface area contributed by atoms with Crippen LogP contribution >= 0.6 is 0 Å². The molecule has 0 unspecified atom stereocenters. The van der Waals surface area contributed by atoms with Crippen LogP contribution in [0, 0.1) is 0 Å². The second-order valence-electron chi connectivity index (χ2n) is 6.16. The van der Waals surface area contributed by atoms with Crippen molar-refractivity contribution in [2.75, 3.05) is 10.6 Å². The summed E-state index contributed by atoms with van der Waals surface area (Å²) < 4.78 is 0. The largest absolute Gasteiger partial charge is 0.366 e. The van der Waals surface area contributed by atoms with Crippen molar-refractivity contribution < 1.29 is 0 Å². The van der Waals surface area contributed by atoms with Crippen LogP contribution in [-0.4, -0.2) is 9.97 Å². The smallest absolute Gasteiger partial charge is 0.229 e. The predicted molar refractivity (Wildman–Crippen MR) is 111 cm³/mol. The number of benzene rings is 3. The Morgan fingerprint density at radius 1 is 0.667 bits per heavy atom. The van der Waals surface area contributed by atoms with Crippen molar-refractivity contribution in [3.8, 4) is 11.3 Å². The summed E-state index contributed by atoms with van der Waals surface area (Å²) in [6.07, 6.45) is 0. The quantitative estimate of drug-likeness (QED) is 0.481. The highest BCUT2D eigenvalue weighted by Gasteiger charge is 2.07. The van der Waals surface area contributed by atoms with Gasteiger partial charge in [-0.05, 0) is 17.7 Å². The third-order valence-electron chi connectivity index (χ3n) is 4.14.